The molecule has 0 aromatic heterocycles. The number of carbonyl (C=O) groups excluding carboxylic acids is 1. The average molecular weight is 348 g/mol. The van der Waals surface area contributed by atoms with Crippen LogP contribution >= 0.6 is 0 Å². The Hall–Kier alpha value is -2.01. The Morgan fingerprint density at radius 1 is 1.24 bits per heavy atom. The first kappa shape index (κ1) is 19.3. The van der Waals surface area contributed by atoms with Crippen molar-refractivity contribution < 1.29 is 24.1 Å². The number of hydrogen-bond acceptors (Lipinski definition) is 5. The Morgan fingerprint density at radius 3 is 2.48 bits per heavy atom. The van der Waals surface area contributed by atoms with Gasteiger partial charge in [-0.1, -0.05) is 31.9 Å². The maximum absolute atomic E-state index is 11.6. The summed E-state index contributed by atoms with van der Waals surface area (Å²) in [6, 6.07) is 5.37. The molecule has 0 aliphatic heterocycles. The zero-order valence-corrected chi connectivity index (χ0v) is 15.3. The van der Waals surface area contributed by atoms with Gasteiger partial charge in [-0.05, 0) is 43.0 Å². The Kier molecular flexibility index (Phi) is 6.48. The molecule has 1 unspecified atom stereocenters. The van der Waals surface area contributed by atoms with E-state index in [1.54, 1.807) is 19.2 Å². The van der Waals surface area contributed by atoms with E-state index in [9.17, 15) is 9.90 Å². The number of ether oxygens (including phenoxy) is 3. The van der Waals surface area contributed by atoms with Crippen LogP contribution in [0.4, 0.5) is 0 Å². The summed E-state index contributed by atoms with van der Waals surface area (Å²) in [5.74, 6) is 0.715. The molecule has 1 atom stereocenters. The van der Waals surface area contributed by atoms with Crippen molar-refractivity contribution in [2.24, 2.45) is 0 Å². The predicted molar refractivity (Wildman–Crippen MR) is 95.8 cm³/mol. The fourth-order valence-corrected chi connectivity index (χ4v) is 3.25. The molecule has 0 spiro atoms. The SMILES string of the molecule is C=C(C)COc1ccc(C(OC(C)=O)C2(O)CCCCC2)cc1OC. The van der Waals surface area contributed by atoms with E-state index in [1.165, 1.54) is 6.92 Å². The van der Waals surface area contributed by atoms with Crippen LogP contribution in [-0.2, 0) is 9.53 Å². The minimum absolute atomic E-state index is 0.396. The zero-order chi connectivity index (χ0) is 18.4. The molecule has 0 bridgehead atoms. The van der Waals surface area contributed by atoms with Gasteiger partial charge in [0, 0.05) is 6.92 Å². The fourth-order valence-electron chi connectivity index (χ4n) is 3.25. The summed E-state index contributed by atoms with van der Waals surface area (Å²) >= 11 is 0. The molecule has 1 N–H and O–H groups in total. The van der Waals surface area contributed by atoms with Crippen LogP contribution in [-0.4, -0.2) is 30.4 Å². The molecule has 1 aromatic carbocycles. The molecule has 5 heteroatoms. The first-order chi connectivity index (χ1) is 11.9. The lowest BCUT2D eigenvalue weighted by Crippen LogP contribution is -2.40. The van der Waals surface area contributed by atoms with Gasteiger partial charge in [0.1, 0.15) is 12.2 Å². The minimum atomic E-state index is -1.05. The van der Waals surface area contributed by atoms with Crippen molar-refractivity contribution in [1.29, 1.82) is 0 Å². The van der Waals surface area contributed by atoms with Gasteiger partial charge in [0.05, 0.1) is 7.11 Å². The monoisotopic (exact) mass is 348 g/mol. The van der Waals surface area contributed by atoms with Crippen molar-refractivity contribution in [2.75, 3.05) is 13.7 Å². The fraction of sp³-hybridized carbons (Fsp3) is 0.550. The van der Waals surface area contributed by atoms with Gasteiger partial charge in [0.25, 0.3) is 0 Å². The molecule has 5 nitrogen and oxygen atoms in total. The lowest BCUT2D eigenvalue weighted by atomic mass is 9.78. The quantitative estimate of drug-likeness (QED) is 0.597. The van der Waals surface area contributed by atoms with Crippen molar-refractivity contribution in [1.82, 2.24) is 0 Å². The smallest absolute Gasteiger partial charge is 0.303 e. The first-order valence-corrected chi connectivity index (χ1v) is 8.70. The molecule has 1 aliphatic carbocycles. The molecular weight excluding hydrogens is 320 g/mol. The van der Waals surface area contributed by atoms with Crippen LogP contribution in [0.25, 0.3) is 0 Å². The average Bonchev–Trinajstić information content (AvgIpc) is 2.58. The van der Waals surface area contributed by atoms with Crippen molar-refractivity contribution in [2.45, 2.75) is 57.7 Å². The molecule has 0 saturated heterocycles. The maximum Gasteiger partial charge on any atom is 0.303 e. The van der Waals surface area contributed by atoms with Gasteiger partial charge >= 0.3 is 5.97 Å². The van der Waals surface area contributed by atoms with Gasteiger partial charge in [-0.2, -0.15) is 0 Å². The van der Waals surface area contributed by atoms with Gasteiger partial charge in [-0.15, -0.1) is 0 Å². The summed E-state index contributed by atoms with van der Waals surface area (Å²) in [7, 11) is 1.56. The van der Waals surface area contributed by atoms with E-state index in [0.717, 1.165) is 24.8 Å². The number of hydrogen-bond donors (Lipinski definition) is 1. The summed E-state index contributed by atoms with van der Waals surface area (Å²) in [4.78, 5) is 11.6. The number of benzene rings is 1. The van der Waals surface area contributed by atoms with Crippen molar-refractivity contribution in [3.8, 4) is 11.5 Å². The first-order valence-electron chi connectivity index (χ1n) is 8.70. The normalized spacial score (nSPS) is 17.4. The van der Waals surface area contributed by atoms with Gasteiger partial charge in [-0.3, -0.25) is 4.79 Å². The third kappa shape index (κ3) is 4.98. The molecule has 2 rings (SSSR count). The third-order valence-electron chi connectivity index (χ3n) is 4.46. The second-order valence-corrected chi connectivity index (χ2v) is 6.81. The van der Waals surface area contributed by atoms with Gasteiger partial charge < -0.3 is 19.3 Å². The van der Waals surface area contributed by atoms with E-state index in [2.05, 4.69) is 6.58 Å². The Bertz CT molecular complexity index is 617. The van der Waals surface area contributed by atoms with Crippen molar-refractivity contribution in [3.63, 3.8) is 0 Å². The van der Waals surface area contributed by atoms with E-state index in [4.69, 9.17) is 14.2 Å². The van der Waals surface area contributed by atoms with Crippen molar-refractivity contribution >= 4 is 5.97 Å². The van der Waals surface area contributed by atoms with Crippen LogP contribution in [0.3, 0.4) is 0 Å². The Balaban J connectivity index is 2.33. The number of methoxy groups -OCH3 is 1. The molecule has 0 radical (unpaired) electrons. The standard InChI is InChI=1S/C20H28O5/c1-14(2)13-24-17-9-8-16(12-18(17)23-4)19(25-15(3)21)20(22)10-6-5-7-11-20/h8-9,12,19,22H,1,5-7,10-11,13H2,2-4H3. The van der Waals surface area contributed by atoms with Gasteiger partial charge in [-0.25, -0.2) is 0 Å². The van der Waals surface area contributed by atoms with E-state index in [0.29, 0.717) is 36.5 Å². The molecule has 0 amide bonds. The van der Waals surface area contributed by atoms with Crippen molar-refractivity contribution in [3.05, 3.63) is 35.9 Å². The predicted octanol–water partition coefficient (Wildman–Crippen LogP) is 3.95. The van der Waals surface area contributed by atoms with Crippen LogP contribution in [0.5, 0.6) is 11.5 Å². The van der Waals surface area contributed by atoms with E-state index in [1.807, 2.05) is 13.0 Å². The van der Waals surface area contributed by atoms with E-state index >= 15 is 0 Å². The summed E-state index contributed by atoms with van der Waals surface area (Å²) in [5.41, 5.74) is 0.564. The Labute approximate surface area is 149 Å². The summed E-state index contributed by atoms with van der Waals surface area (Å²) in [6.45, 7) is 7.46. The maximum atomic E-state index is 11.6. The highest BCUT2D eigenvalue weighted by atomic mass is 16.6. The lowest BCUT2D eigenvalue weighted by molar-refractivity contribution is -0.168. The zero-order valence-electron chi connectivity index (χ0n) is 15.3. The highest BCUT2D eigenvalue weighted by Gasteiger charge is 2.41. The second kappa shape index (κ2) is 8.39. The number of esters is 1. The lowest BCUT2D eigenvalue weighted by Gasteiger charge is -2.38. The number of rotatable bonds is 7. The minimum Gasteiger partial charge on any atom is -0.493 e. The molecule has 138 valence electrons. The largest absolute Gasteiger partial charge is 0.493 e. The highest BCUT2D eigenvalue weighted by molar-refractivity contribution is 5.66. The van der Waals surface area contributed by atoms with Crippen LogP contribution in [0.15, 0.2) is 30.4 Å². The molecule has 1 aliphatic rings. The van der Waals surface area contributed by atoms with Gasteiger partial charge in [0.15, 0.2) is 17.6 Å². The third-order valence-corrected chi connectivity index (χ3v) is 4.46. The van der Waals surface area contributed by atoms with E-state index in [-0.39, 0.29) is 0 Å². The summed E-state index contributed by atoms with van der Waals surface area (Å²) < 4.78 is 16.6. The van der Waals surface area contributed by atoms with Crippen LogP contribution < -0.4 is 9.47 Å². The Morgan fingerprint density at radius 2 is 1.92 bits per heavy atom. The van der Waals surface area contributed by atoms with Crippen LogP contribution in [0.1, 0.15) is 57.6 Å². The van der Waals surface area contributed by atoms with E-state index < -0.39 is 17.7 Å². The van der Waals surface area contributed by atoms with Crippen LogP contribution in [0, 0.1) is 0 Å². The van der Waals surface area contributed by atoms with Gasteiger partial charge in [0.2, 0.25) is 0 Å². The molecular formula is C20H28O5. The number of aliphatic hydroxyl groups is 1. The summed E-state index contributed by atoms with van der Waals surface area (Å²) in [5, 5.41) is 11.1. The van der Waals surface area contributed by atoms with Crippen LogP contribution in [0.2, 0.25) is 0 Å². The molecule has 1 fully saturated rings. The molecule has 1 saturated carbocycles. The topological polar surface area (TPSA) is 65.0 Å². The number of carbonyl (C=O) groups is 1. The second-order valence-electron chi connectivity index (χ2n) is 6.81. The molecule has 25 heavy (non-hydrogen) atoms. The molecule has 0 heterocycles. The highest BCUT2D eigenvalue weighted by Crippen LogP contribution is 2.42. The molecule has 1 aromatic rings. The summed E-state index contributed by atoms with van der Waals surface area (Å²) in [6.07, 6.45) is 3.44.